The molecule has 0 aliphatic heterocycles. The third-order valence-electron chi connectivity index (χ3n) is 4.30. The minimum absolute atomic E-state index is 0.0616. The lowest BCUT2D eigenvalue weighted by molar-refractivity contribution is -0.113. The third kappa shape index (κ3) is 5.96. The van der Waals surface area contributed by atoms with Crippen molar-refractivity contribution < 1.29 is 29.4 Å². The molecule has 0 heterocycles. The van der Waals surface area contributed by atoms with Gasteiger partial charge in [-0.1, -0.05) is 12.1 Å². The number of carbonyl (C=O) groups is 4. The van der Waals surface area contributed by atoms with Crippen molar-refractivity contribution in [2.24, 2.45) is 0 Å². The van der Waals surface area contributed by atoms with E-state index < -0.39 is 17.8 Å². The highest BCUT2D eigenvalue weighted by Crippen LogP contribution is 2.21. The van der Waals surface area contributed by atoms with Gasteiger partial charge in [0.2, 0.25) is 5.91 Å². The van der Waals surface area contributed by atoms with E-state index in [2.05, 4.69) is 10.6 Å². The zero-order valence-corrected chi connectivity index (χ0v) is 17.4. The SMILES string of the molecule is O=C(CSc1ccc(NC(=O)c2ccccc2C(=O)O)cc1)Nc1ccc(C(=O)O)cc1. The Morgan fingerprint density at radius 1 is 0.688 bits per heavy atom. The molecule has 0 fully saturated rings. The first-order chi connectivity index (χ1) is 15.3. The Bertz CT molecular complexity index is 1160. The Balaban J connectivity index is 1.53. The summed E-state index contributed by atoms with van der Waals surface area (Å²) in [5.74, 6) is -2.86. The molecular formula is C23H18N2O6S. The van der Waals surface area contributed by atoms with Crippen molar-refractivity contribution in [1.82, 2.24) is 0 Å². The van der Waals surface area contributed by atoms with Crippen molar-refractivity contribution in [2.75, 3.05) is 16.4 Å². The number of rotatable bonds is 8. The van der Waals surface area contributed by atoms with Gasteiger partial charge < -0.3 is 20.8 Å². The number of aromatic carboxylic acids is 2. The number of nitrogens with one attached hydrogen (secondary N) is 2. The van der Waals surface area contributed by atoms with Crippen molar-refractivity contribution in [3.05, 3.63) is 89.5 Å². The minimum Gasteiger partial charge on any atom is -0.478 e. The average Bonchev–Trinajstić information content (AvgIpc) is 2.79. The van der Waals surface area contributed by atoms with Gasteiger partial charge in [-0.05, 0) is 60.7 Å². The summed E-state index contributed by atoms with van der Waals surface area (Å²) in [6.45, 7) is 0. The summed E-state index contributed by atoms with van der Waals surface area (Å²) in [5, 5.41) is 23.4. The molecule has 0 aliphatic rings. The molecule has 0 saturated heterocycles. The Morgan fingerprint density at radius 3 is 1.84 bits per heavy atom. The second-order valence-electron chi connectivity index (χ2n) is 6.55. The van der Waals surface area contributed by atoms with E-state index >= 15 is 0 Å². The smallest absolute Gasteiger partial charge is 0.336 e. The summed E-state index contributed by atoms with van der Waals surface area (Å²) in [4.78, 5) is 47.4. The van der Waals surface area contributed by atoms with Crippen molar-refractivity contribution in [2.45, 2.75) is 4.90 Å². The molecule has 32 heavy (non-hydrogen) atoms. The molecule has 8 nitrogen and oxygen atoms in total. The average molecular weight is 450 g/mol. The van der Waals surface area contributed by atoms with Crippen molar-refractivity contribution in [3.63, 3.8) is 0 Å². The molecule has 2 amide bonds. The number of benzene rings is 3. The molecule has 3 aromatic rings. The van der Waals surface area contributed by atoms with Gasteiger partial charge in [0, 0.05) is 16.3 Å². The van der Waals surface area contributed by atoms with Gasteiger partial charge in [0.25, 0.3) is 5.91 Å². The molecule has 3 aromatic carbocycles. The van der Waals surface area contributed by atoms with E-state index in [0.717, 1.165) is 4.90 Å². The molecular weight excluding hydrogens is 432 g/mol. The highest BCUT2D eigenvalue weighted by molar-refractivity contribution is 8.00. The summed E-state index contributed by atoms with van der Waals surface area (Å²) in [5.41, 5.74) is 1.10. The van der Waals surface area contributed by atoms with E-state index in [9.17, 15) is 24.3 Å². The first-order valence-electron chi connectivity index (χ1n) is 9.33. The van der Waals surface area contributed by atoms with Gasteiger partial charge in [0.15, 0.2) is 0 Å². The number of hydrogen-bond donors (Lipinski definition) is 4. The Kier molecular flexibility index (Phi) is 7.25. The number of thioether (sulfide) groups is 1. The number of carbonyl (C=O) groups excluding carboxylic acids is 2. The van der Waals surface area contributed by atoms with Crippen LogP contribution in [0.4, 0.5) is 11.4 Å². The molecule has 0 atom stereocenters. The summed E-state index contributed by atoms with van der Waals surface area (Å²) in [6, 6.07) is 18.6. The van der Waals surface area contributed by atoms with Gasteiger partial charge in [0.1, 0.15) is 0 Å². The summed E-state index contributed by atoms with van der Waals surface area (Å²) >= 11 is 1.29. The third-order valence-corrected chi connectivity index (χ3v) is 5.31. The highest BCUT2D eigenvalue weighted by atomic mass is 32.2. The molecule has 0 spiro atoms. The largest absolute Gasteiger partial charge is 0.478 e. The molecule has 162 valence electrons. The lowest BCUT2D eigenvalue weighted by atomic mass is 10.1. The number of carboxylic acid groups (broad SMARTS) is 2. The summed E-state index contributed by atoms with van der Waals surface area (Å²) in [6.07, 6.45) is 0. The van der Waals surface area contributed by atoms with E-state index in [1.54, 1.807) is 36.4 Å². The number of amides is 2. The second kappa shape index (κ2) is 10.3. The predicted octanol–water partition coefficient (Wildman–Crippen LogP) is 4.07. The second-order valence-corrected chi connectivity index (χ2v) is 7.60. The summed E-state index contributed by atoms with van der Waals surface area (Å²) in [7, 11) is 0. The van der Waals surface area contributed by atoms with Crippen LogP contribution in [0.5, 0.6) is 0 Å². The van der Waals surface area contributed by atoms with Gasteiger partial charge in [0.05, 0.1) is 22.4 Å². The first kappa shape index (κ1) is 22.6. The van der Waals surface area contributed by atoms with Crippen LogP contribution in [-0.2, 0) is 4.79 Å². The van der Waals surface area contributed by atoms with E-state index in [4.69, 9.17) is 5.11 Å². The highest BCUT2D eigenvalue weighted by Gasteiger charge is 2.15. The lowest BCUT2D eigenvalue weighted by Crippen LogP contribution is -2.16. The van der Waals surface area contributed by atoms with E-state index in [-0.39, 0.29) is 28.4 Å². The van der Waals surface area contributed by atoms with Crippen LogP contribution in [0.2, 0.25) is 0 Å². The predicted molar refractivity (Wildman–Crippen MR) is 121 cm³/mol. The van der Waals surface area contributed by atoms with Gasteiger partial charge in [-0.15, -0.1) is 11.8 Å². The molecule has 0 aliphatic carbocycles. The molecule has 0 saturated carbocycles. The topological polar surface area (TPSA) is 133 Å². The van der Waals surface area contributed by atoms with Crippen molar-refractivity contribution in [1.29, 1.82) is 0 Å². The van der Waals surface area contributed by atoms with Crippen LogP contribution < -0.4 is 10.6 Å². The Labute approximate surface area is 187 Å². The monoisotopic (exact) mass is 450 g/mol. The molecule has 0 radical (unpaired) electrons. The van der Waals surface area contributed by atoms with E-state index in [1.807, 2.05) is 0 Å². The van der Waals surface area contributed by atoms with Gasteiger partial charge in [-0.25, -0.2) is 9.59 Å². The number of anilines is 2. The molecule has 0 aromatic heterocycles. The Hall–Kier alpha value is -4.11. The zero-order chi connectivity index (χ0) is 23.1. The number of hydrogen-bond acceptors (Lipinski definition) is 5. The van der Waals surface area contributed by atoms with Crippen LogP contribution in [0, 0.1) is 0 Å². The van der Waals surface area contributed by atoms with Gasteiger partial charge in [-0.3, -0.25) is 9.59 Å². The van der Waals surface area contributed by atoms with Crippen molar-refractivity contribution >= 4 is 46.9 Å². The zero-order valence-electron chi connectivity index (χ0n) is 16.6. The fourth-order valence-electron chi connectivity index (χ4n) is 2.74. The normalized spacial score (nSPS) is 10.2. The van der Waals surface area contributed by atoms with Gasteiger partial charge in [-0.2, -0.15) is 0 Å². The quantitative estimate of drug-likeness (QED) is 0.380. The van der Waals surface area contributed by atoms with Gasteiger partial charge >= 0.3 is 11.9 Å². The van der Waals surface area contributed by atoms with Crippen LogP contribution in [0.15, 0.2) is 77.7 Å². The number of carboxylic acids is 2. The maximum Gasteiger partial charge on any atom is 0.336 e. The maximum absolute atomic E-state index is 12.4. The fraction of sp³-hybridized carbons (Fsp3) is 0.0435. The van der Waals surface area contributed by atoms with E-state index in [1.165, 1.54) is 48.2 Å². The molecule has 9 heteroatoms. The minimum atomic E-state index is -1.18. The lowest BCUT2D eigenvalue weighted by Gasteiger charge is -2.09. The standard InChI is InChI=1S/C23H18N2O6S/c26-20(24-15-7-5-14(6-8-15)22(28)29)13-32-17-11-9-16(10-12-17)25-21(27)18-3-1-2-4-19(18)23(30)31/h1-12H,13H2,(H,24,26)(H,25,27)(H,28,29)(H,30,31). The molecule has 3 rings (SSSR count). The molecule has 4 N–H and O–H groups in total. The van der Waals surface area contributed by atoms with Crippen LogP contribution in [0.3, 0.4) is 0 Å². The molecule has 0 bridgehead atoms. The van der Waals surface area contributed by atoms with Crippen LogP contribution >= 0.6 is 11.8 Å². The maximum atomic E-state index is 12.4. The van der Waals surface area contributed by atoms with E-state index in [0.29, 0.717) is 11.4 Å². The van der Waals surface area contributed by atoms with Crippen LogP contribution in [-0.4, -0.2) is 39.7 Å². The first-order valence-corrected chi connectivity index (χ1v) is 10.3. The van der Waals surface area contributed by atoms with Crippen LogP contribution in [0.25, 0.3) is 0 Å². The molecule has 0 unspecified atom stereocenters. The van der Waals surface area contributed by atoms with Crippen LogP contribution in [0.1, 0.15) is 31.1 Å². The summed E-state index contributed by atoms with van der Waals surface area (Å²) < 4.78 is 0. The Morgan fingerprint density at radius 2 is 1.25 bits per heavy atom. The fourth-order valence-corrected chi connectivity index (χ4v) is 3.44. The van der Waals surface area contributed by atoms with Crippen molar-refractivity contribution in [3.8, 4) is 0 Å².